The zero-order valence-electron chi connectivity index (χ0n) is 8.66. The van der Waals surface area contributed by atoms with Crippen molar-refractivity contribution in [1.82, 2.24) is 19.7 Å². The summed E-state index contributed by atoms with van der Waals surface area (Å²) < 4.78 is 1.55. The third-order valence-electron chi connectivity index (χ3n) is 1.95. The molecule has 0 amide bonds. The van der Waals surface area contributed by atoms with Crippen LogP contribution in [-0.4, -0.2) is 30.8 Å². The minimum absolute atomic E-state index is 0.0198. The molecule has 0 saturated heterocycles. The lowest BCUT2D eigenvalue weighted by Gasteiger charge is -2.04. The molecule has 0 bridgehead atoms. The van der Waals surface area contributed by atoms with Crippen LogP contribution in [0.15, 0.2) is 28.8 Å². The molecule has 0 fully saturated rings. The number of carboxylic acid groups (broad SMARTS) is 1. The second kappa shape index (κ2) is 4.72. The van der Waals surface area contributed by atoms with E-state index in [0.717, 1.165) is 11.8 Å². The van der Waals surface area contributed by atoms with E-state index < -0.39 is 5.97 Å². The lowest BCUT2D eigenvalue weighted by Crippen LogP contribution is -2.00. The van der Waals surface area contributed by atoms with Gasteiger partial charge in [-0.25, -0.2) is 19.4 Å². The monoisotopic (exact) mass is 270 g/mol. The van der Waals surface area contributed by atoms with Crippen LogP contribution in [0.5, 0.6) is 0 Å². The van der Waals surface area contributed by atoms with E-state index in [2.05, 4.69) is 15.1 Å². The summed E-state index contributed by atoms with van der Waals surface area (Å²) >= 11 is 7.11. The van der Waals surface area contributed by atoms with Crippen LogP contribution in [0.1, 0.15) is 10.4 Å². The lowest BCUT2D eigenvalue weighted by molar-refractivity contribution is 0.0696. The van der Waals surface area contributed by atoms with Crippen molar-refractivity contribution in [1.29, 1.82) is 0 Å². The van der Waals surface area contributed by atoms with Crippen LogP contribution in [0.25, 0.3) is 0 Å². The quantitative estimate of drug-likeness (QED) is 0.914. The van der Waals surface area contributed by atoms with Crippen LogP contribution in [0, 0.1) is 0 Å². The molecule has 0 unspecified atom stereocenters. The number of rotatable bonds is 3. The molecule has 0 radical (unpaired) electrons. The summed E-state index contributed by atoms with van der Waals surface area (Å²) in [4.78, 5) is 18.9. The maximum Gasteiger partial charge on any atom is 0.337 e. The van der Waals surface area contributed by atoms with Gasteiger partial charge in [-0.15, -0.1) is 0 Å². The highest BCUT2D eigenvalue weighted by molar-refractivity contribution is 7.99. The Morgan fingerprint density at radius 1 is 1.53 bits per heavy atom. The van der Waals surface area contributed by atoms with Crippen molar-refractivity contribution >= 4 is 29.3 Å². The molecule has 2 heterocycles. The van der Waals surface area contributed by atoms with Crippen molar-refractivity contribution in [3.8, 4) is 0 Å². The van der Waals surface area contributed by atoms with Crippen LogP contribution in [0.4, 0.5) is 0 Å². The van der Waals surface area contributed by atoms with Gasteiger partial charge in [0.15, 0.2) is 5.16 Å². The lowest BCUT2D eigenvalue weighted by atomic mass is 10.3. The number of nitrogens with zero attached hydrogens (tertiary/aromatic N) is 4. The smallest absolute Gasteiger partial charge is 0.337 e. The molecule has 0 saturated carbocycles. The third-order valence-corrected chi connectivity index (χ3v) is 3.50. The predicted octanol–water partition coefficient (Wildman–Crippen LogP) is 1.71. The Balaban J connectivity index is 2.37. The number of carboxylic acids is 1. The van der Waals surface area contributed by atoms with Crippen LogP contribution in [0.2, 0.25) is 5.02 Å². The molecular formula is C9H7ClN4O2S. The molecule has 0 aromatic carbocycles. The van der Waals surface area contributed by atoms with Gasteiger partial charge in [0, 0.05) is 13.2 Å². The Kier molecular flexibility index (Phi) is 3.30. The van der Waals surface area contributed by atoms with E-state index in [-0.39, 0.29) is 10.6 Å². The molecular weight excluding hydrogens is 264 g/mol. The van der Waals surface area contributed by atoms with Crippen molar-refractivity contribution in [3.63, 3.8) is 0 Å². The SMILES string of the molecule is Cn1ncnc1Sc1nccc(C(=O)O)c1Cl. The number of aromatic carboxylic acids is 1. The molecule has 2 aromatic heterocycles. The fraction of sp³-hybridized carbons (Fsp3) is 0.111. The van der Waals surface area contributed by atoms with E-state index in [1.54, 1.807) is 11.7 Å². The molecule has 1 N–H and O–H groups in total. The minimum Gasteiger partial charge on any atom is -0.478 e. The van der Waals surface area contributed by atoms with Gasteiger partial charge in [-0.3, -0.25) is 0 Å². The first-order chi connectivity index (χ1) is 8.09. The average Bonchev–Trinajstić information content (AvgIpc) is 2.67. The Hall–Kier alpha value is -1.60. The van der Waals surface area contributed by atoms with Gasteiger partial charge in [-0.2, -0.15) is 5.10 Å². The molecule has 8 heteroatoms. The molecule has 0 atom stereocenters. The van der Waals surface area contributed by atoms with Crippen molar-refractivity contribution in [2.24, 2.45) is 7.05 Å². The summed E-state index contributed by atoms with van der Waals surface area (Å²) in [5, 5.41) is 13.9. The summed E-state index contributed by atoms with van der Waals surface area (Å²) in [6.45, 7) is 0. The first-order valence-electron chi connectivity index (χ1n) is 4.49. The highest BCUT2D eigenvalue weighted by Gasteiger charge is 2.15. The molecule has 0 spiro atoms. The Labute approximate surface area is 106 Å². The van der Waals surface area contributed by atoms with Crippen molar-refractivity contribution in [3.05, 3.63) is 29.2 Å². The maximum atomic E-state index is 10.9. The number of halogens is 1. The van der Waals surface area contributed by atoms with E-state index in [4.69, 9.17) is 16.7 Å². The molecule has 17 heavy (non-hydrogen) atoms. The van der Waals surface area contributed by atoms with Gasteiger partial charge >= 0.3 is 5.97 Å². The highest BCUT2D eigenvalue weighted by atomic mass is 35.5. The van der Waals surface area contributed by atoms with Gasteiger partial charge in [-0.05, 0) is 17.8 Å². The van der Waals surface area contributed by atoms with Gasteiger partial charge in [-0.1, -0.05) is 11.6 Å². The Morgan fingerprint density at radius 2 is 2.29 bits per heavy atom. The van der Waals surface area contributed by atoms with Crippen molar-refractivity contribution in [2.45, 2.75) is 10.2 Å². The standard InChI is InChI=1S/C9H7ClN4O2S/c1-14-9(12-4-13-14)17-7-6(10)5(8(15)16)2-3-11-7/h2-4H,1H3,(H,15,16). The van der Waals surface area contributed by atoms with Gasteiger partial charge in [0.2, 0.25) is 0 Å². The topological polar surface area (TPSA) is 80.9 Å². The molecule has 88 valence electrons. The maximum absolute atomic E-state index is 10.9. The highest BCUT2D eigenvalue weighted by Crippen LogP contribution is 2.31. The van der Waals surface area contributed by atoms with E-state index in [9.17, 15) is 4.79 Å². The second-order valence-corrected chi connectivity index (χ2v) is 4.39. The van der Waals surface area contributed by atoms with Crippen LogP contribution in [-0.2, 0) is 7.05 Å². The fourth-order valence-corrected chi connectivity index (χ4v) is 2.20. The van der Waals surface area contributed by atoms with E-state index >= 15 is 0 Å². The van der Waals surface area contributed by atoms with Gasteiger partial charge in [0.25, 0.3) is 0 Å². The molecule has 0 aliphatic heterocycles. The zero-order chi connectivity index (χ0) is 12.4. The summed E-state index contributed by atoms with van der Waals surface area (Å²) in [7, 11) is 1.73. The number of aromatic nitrogens is 4. The van der Waals surface area contributed by atoms with Gasteiger partial charge in [0.05, 0.1) is 10.6 Å². The fourth-order valence-electron chi connectivity index (χ4n) is 1.13. The number of hydrogen-bond donors (Lipinski definition) is 1. The van der Waals surface area contributed by atoms with E-state index in [1.165, 1.54) is 18.6 Å². The zero-order valence-corrected chi connectivity index (χ0v) is 10.2. The summed E-state index contributed by atoms with van der Waals surface area (Å²) in [5.74, 6) is -1.09. The average molecular weight is 271 g/mol. The number of aryl methyl sites for hydroxylation is 1. The van der Waals surface area contributed by atoms with E-state index in [0.29, 0.717) is 10.2 Å². The largest absolute Gasteiger partial charge is 0.478 e. The molecule has 2 rings (SSSR count). The summed E-state index contributed by atoms with van der Waals surface area (Å²) in [6, 6.07) is 1.35. The van der Waals surface area contributed by atoms with Crippen LogP contribution >= 0.6 is 23.4 Å². The van der Waals surface area contributed by atoms with Gasteiger partial charge in [0.1, 0.15) is 11.4 Å². The molecule has 0 aliphatic carbocycles. The predicted molar refractivity (Wildman–Crippen MR) is 61.3 cm³/mol. The van der Waals surface area contributed by atoms with E-state index in [1.807, 2.05) is 0 Å². The number of pyridine rings is 1. The third kappa shape index (κ3) is 2.40. The second-order valence-electron chi connectivity index (χ2n) is 3.05. The van der Waals surface area contributed by atoms with Crippen LogP contribution < -0.4 is 0 Å². The summed E-state index contributed by atoms with van der Waals surface area (Å²) in [6.07, 6.45) is 2.80. The number of carbonyl (C=O) groups is 1. The number of hydrogen-bond acceptors (Lipinski definition) is 5. The molecule has 2 aromatic rings. The van der Waals surface area contributed by atoms with Crippen molar-refractivity contribution < 1.29 is 9.90 Å². The Morgan fingerprint density at radius 3 is 2.88 bits per heavy atom. The minimum atomic E-state index is -1.09. The van der Waals surface area contributed by atoms with Crippen LogP contribution in [0.3, 0.4) is 0 Å². The normalized spacial score (nSPS) is 10.5. The van der Waals surface area contributed by atoms with Crippen molar-refractivity contribution in [2.75, 3.05) is 0 Å². The Bertz CT molecular complexity index is 572. The van der Waals surface area contributed by atoms with Gasteiger partial charge < -0.3 is 5.11 Å². The summed E-state index contributed by atoms with van der Waals surface area (Å²) in [5.41, 5.74) is 0.0198. The first kappa shape index (κ1) is 11.9. The first-order valence-corrected chi connectivity index (χ1v) is 5.68. The molecule has 0 aliphatic rings. The molecule has 6 nitrogen and oxygen atoms in total.